The van der Waals surface area contributed by atoms with Gasteiger partial charge in [-0.05, 0) is 30.9 Å². The average Bonchev–Trinajstić information content (AvgIpc) is 3.04. The van der Waals surface area contributed by atoms with Gasteiger partial charge < -0.3 is 10.4 Å². The third-order valence-corrected chi connectivity index (χ3v) is 3.72. The van der Waals surface area contributed by atoms with E-state index in [2.05, 4.69) is 53.5 Å². The molecule has 1 heterocycles. The van der Waals surface area contributed by atoms with Crippen LogP contribution in [0.1, 0.15) is 37.4 Å². The Morgan fingerprint density at radius 1 is 1.29 bits per heavy atom. The molecular formula is C16H24N4O. The monoisotopic (exact) mass is 288 g/mol. The van der Waals surface area contributed by atoms with Crippen LogP contribution in [0, 0.1) is 0 Å². The Kier molecular flexibility index (Phi) is 5.90. The van der Waals surface area contributed by atoms with Crippen LogP contribution in [0.3, 0.4) is 0 Å². The third kappa shape index (κ3) is 4.65. The molecule has 0 spiro atoms. The number of aliphatic hydroxyl groups excluding tert-OH is 1. The van der Waals surface area contributed by atoms with E-state index in [1.54, 1.807) is 12.7 Å². The molecule has 5 nitrogen and oxygen atoms in total. The van der Waals surface area contributed by atoms with Gasteiger partial charge in [0.25, 0.3) is 0 Å². The minimum atomic E-state index is -0.0262. The predicted octanol–water partition coefficient (Wildman–Crippen LogP) is 1.94. The highest BCUT2D eigenvalue weighted by atomic mass is 16.3. The Hall–Kier alpha value is -1.72. The summed E-state index contributed by atoms with van der Waals surface area (Å²) in [7, 11) is 0. The first kappa shape index (κ1) is 15.7. The summed E-state index contributed by atoms with van der Waals surface area (Å²) in [5.74, 6) is 0. The Labute approximate surface area is 126 Å². The largest absolute Gasteiger partial charge is 0.394 e. The van der Waals surface area contributed by atoms with Gasteiger partial charge in [-0.2, -0.15) is 5.10 Å². The summed E-state index contributed by atoms with van der Waals surface area (Å²) in [5, 5.41) is 17.2. The molecule has 0 amide bonds. The van der Waals surface area contributed by atoms with E-state index in [-0.39, 0.29) is 18.7 Å². The maximum absolute atomic E-state index is 9.62. The van der Waals surface area contributed by atoms with Crippen LogP contribution in [0.4, 0.5) is 0 Å². The summed E-state index contributed by atoms with van der Waals surface area (Å²) in [6.45, 7) is 5.18. The van der Waals surface area contributed by atoms with Crippen molar-refractivity contribution in [1.29, 1.82) is 0 Å². The Balaban J connectivity index is 1.88. The molecule has 0 saturated carbocycles. The summed E-state index contributed by atoms with van der Waals surface area (Å²) < 4.78 is 1.82. The van der Waals surface area contributed by atoms with Crippen LogP contribution in [-0.2, 0) is 13.0 Å². The second-order valence-corrected chi connectivity index (χ2v) is 5.35. The molecule has 2 rings (SSSR count). The van der Waals surface area contributed by atoms with Crippen LogP contribution in [0.2, 0.25) is 0 Å². The second kappa shape index (κ2) is 7.90. The summed E-state index contributed by atoms with van der Waals surface area (Å²) in [6.07, 6.45) is 5.24. The Bertz CT molecular complexity index is 510. The average molecular weight is 288 g/mol. The zero-order valence-electron chi connectivity index (χ0n) is 12.7. The number of nitrogens with zero attached hydrogens (tertiary/aromatic N) is 3. The van der Waals surface area contributed by atoms with Gasteiger partial charge in [0.15, 0.2) is 0 Å². The van der Waals surface area contributed by atoms with Gasteiger partial charge in [-0.15, -0.1) is 0 Å². The summed E-state index contributed by atoms with van der Waals surface area (Å²) in [6, 6.07) is 8.70. The normalized spacial score (nSPS) is 14.0. The lowest BCUT2D eigenvalue weighted by Crippen LogP contribution is -2.33. The lowest BCUT2D eigenvalue weighted by molar-refractivity contribution is 0.231. The molecule has 0 aliphatic carbocycles. The van der Waals surface area contributed by atoms with Crippen molar-refractivity contribution in [2.24, 2.45) is 0 Å². The molecule has 5 heteroatoms. The first-order valence-corrected chi connectivity index (χ1v) is 7.51. The fourth-order valence-electron chi connectivity index (χ4n) is 2.34. The van der Waals surface area contributed by atoms with E-state index in [4.69, 9.17) is 0 Å². The van der Waals surface area contributed by atoms with Gasteiger partial charge in [0.2, 0.25) is 0 Å². The number of benzene rings is 1. The first-order valence-electron chi connectivity index (χ1n) is 7.51. The van der Waals surface area contributed by atoms with Crippen molar-refractivity contribution in [3.05, 3.63) is 48.0 Å². The molecule has 0 fully saturated rings. The van der Waals surface area contributed by atoms with E-state index in [0.29, 0.717) is 0 Å². The van der Waals surface area contributed by atoms with E-state index in [0.717, 1.165) is 24.9 Å². The van der Waals surface area contributed by atoms with Gasteiger partial charge in [-0.25, -0.2) is 4.98 Å². The zero-order chi connectivity index (χ0) is 15.1. The fourth-order valence-corrected chi connectivity index (χ4v) is 2.34. The summed E-state index contributed by atoms with van der Waals surface area (Å²) in [4.78, 5) is 3.93. The van der Waals surface area contributed by atoms with Gasteiger partial charge >= 0.3 is 0 Å². The molecule has 1 aromatic carbocycles. The highest BCUT2D eigenvalue weighted by Crippen LogP contribution is 2.15. The number of hydrogen-bond acceptors (Lipinski definition) is 4. The molecule has 2 unspecified atom stereocenters. The van der Waals surface area contributed by atoms with Crippen molar-refractivity contribution < 1.29 is 5.11 Å². The molecule has 114 valence electrons. The van der Waals surface area contributed by atoms with Crippen molar-refractivity contribution in [2.45, 2.75) is 45.3 Å². The first-order chi connectivity index (χ1) is 10.2. The number of aryl methyl sites for hydroxylation is 2. The van der Waals surface area contributed by atoms with Gasteiger partial charge in [0.05, 0.1) is 12.6 Å². The Morgan fingerprint density at radius 3 is 2.62 bits per heavy atom. The van der Waals surface area contributed by atoms with Crippen LogP contribution in [-0.4, -0.2) is 32.5 Å². The SMILES string of the molecule is CCc1ccc(C(CO)NC(C)CCn2cncn2)cc1. The van der Waals surface area contributed by atoms with Gasteiger partial charge in [-0.1, -0.05) is 31.2 Å². The van der Waals surface area contributed by atoms with Crippen molar-refractivity contribution >= 4 is 0 Å². The van der Waals surface area contributed by atoms with E-state index < -0.39 is 0 Å². The van der Waals surface area contributed by atoms with E-state index in [9.17, 15) is 5.11 Å². The topological polar surface area (TPSA) is 63.0 Å². The molecule has 2 atom stereocenters. The molecular weight excluding hydrogens is 264 g/mol. The third-order valence-electron chi connectivity index (χ3n) is 3.72. The fraction of sp³-hybridized carbons (Fsp3) is 0.500. The maximum atomic E-state index is 9.62. The van der Waals surface area contributed by atoms with Crippen molar-refractivity contribution in [3.63, 3.8) is 0 Å². The minimum absolute atomic E-state index is 0.0262. The van der Waals surface area contributed by atoms with Crippen LogP contribution in [0.15, 0.2) is 36.9 Å². The van der Waals surface area contributed by atoms with Crippen LogP contribution < -0.4 is 5.32 Å². The highest BCUT2D eigenvalue weighted by molar-refractivity contribution is 5.25. The van der Waals surface area contributed by atoms with Gasteiger partial charge in [-0.3, -0.25) is 4.68 Å². The van der Waals surface area contributed by atoms with Crippen molar-refractivity contribution in [3.8, 4) is 0 Å². The van der Waals surface area contributed by atoms with Crippen molar-refractivity contribution in [2.75, 3.05) is 6.61 Å². The molecule has 0 aliphatic rings. The minimum Gasteiger partial charge on any atom is -0.394 e. The molecule has 2 aromatic rings. The smallest absolute Gasteiger partial charge is 0.137 e. The summed E-state index contributed by atoms with van der Waals surface area (Å²) >= 11 is 0. The standard InChI is InChI=1S/C16H24N4O/c1-3-14-4-6-15(7-5-14)16(10-21)19-13(2)8-9-20-12-17-11-18-20/h4-7,11-13,16,19,21H,3,8-10H2,1-2H3. The van der Waals surface area contributed by atoms with Gasteiger partial charge in [0, 0.05) is 12.6 Å². The quantitative estimate of drug-likeness (QED) is 0.779. The predicted molar refractivity (Wildman–Crippen MR) is 82.9 cm³/mol. The summed E-state index contributed by atoms with van der Waals surface area (Å²) in [5.41, 5.74) is 2.44. The lowest BCUT2D eigenvalue weighted by Gasteiger charge is -2.22. The second-order valence-electron chi connectivity index (χ2n) is 5.35. The van der Waals surface area contributed by atoms with E-state index >= 15 is 0 Å². The van der Waals surface area contributed by atoms with E-state index in [1.807, 2.05) is 4.68 Å². The molecule has 21 heavy (non-hydrogen) atoms. The van der Waals surface area contributed by atoms with Gasteiger partial charge in [0.1, 0.15) is 12.7 Å². The maximum Gasteiger partial charge on any atom is 0.137 e. The number of nitrogens with one attached hydrogen (secondary N) is 1. The molecule has 0 saturated heterocycles. The highest BCUT2D eigenvalue weighted by Gasteiger charge is 2.13. The number of aliphatic hydroxyl groups is 1. The Morgan fingerprint density at radius 2 is 2.05 bits per heavy atom. The van der Waals surface area contributed by atoms with E-state index in [1.165, 1.54) is 5.56 Å². The zero-order valence-corrected chi connectivity index (χ0v) is 12.7. The van der Waals surface area contributed by atoms with Crippen LogP contribution in [0.25, 0.3) is 0 Å². The molecule has 2 N–H and O–H groups in total. The molecule has 0 radical (unpaired) electrons. The number of hydrogen-bond donors (Lipinski definition) is 2. The van der Waals surface area contributed by atoms with Crippen molar-refractivity contribution in [1.82, 2.24) is 20.1 Å². The molecule has 1 aromatic heterocycles. The number of aromatic nitrogens is 3. The molecule has 0 bridgehead atoms. The number of rotatable bonds is 8. The van der Waals surface area contributed by atoms with Crippen LogP contribution >= 0.6 is 0 Å². The molecule has 0 aliphatic heterocycles. The lowest BCUT2D eigenvalue weighted by atomic mass is 10.0. The van der Waals surface area contributed by atoms with Crippen LogP contribution in [0.5, 0.6) is 0 Å².